The van der Waals surface area contributed by atoms with E-state index >= 15 is 0 Å². The Bertz CT molecular complexity index is 625. The van der Waals surface area contributed by atoms with Gasteiger partial charge in [-0.25, -0.2) is 4.79 Å². The van der Waals surface area contributed by atoms with Crippen molar-refractivity contribution in [2.24, 2.45) is 5.73 Å². The summed E-state index contributed by atoms with van der Waals surface area (Å²) in [5.41, 5.74) is 6.26. The molecular formula is C16H15NO4. The van der Waals surface area contributed by atoms with E-state index in [2.05, 4.69) is 0 Å². The van der Waals surface area contributed by atoms with E-state index in [9.17, 15) is 9.59 Å². The van der Waals surface area contributed by atoms with E-state index in [1.165, 1.54) is 12.1 Å². The Kier molecular flexibility index (Phi) is 5.06. The van der Waals surface area contributed by atoms with Gasteiger partial charge in [0.1, 0.15) is 17.9 Å². The molecule has 2 aromatic rings. The van der Waals surface area contributed by atoms with Gasteiger partial charge in [0, 0.05) is 0 Å². The minimum atomic E-state index is -0.613. The van der Waals surface area contributed by atoms with E-state index in [-0.39, 0.29) is 24.5 Å². The first-order valence-corrected chi connectivity index (χ1v) is 6.41. The normalized spacial score (nSPS) is 9.95. The molecule has 0 aliphatic heterocycles. The van der Waals surface area contributed by atoms with Crippen molar-refractivity contribution in [2.45, 2.75) is 6.61 Å². The third-order valence-corrected chi connectivity index (χ3v) is 2.71. The molecule has 0 amide bonds. The van der Waals surface area contributed by atoms with Crippen molar-refractivity contribution in [1.29, 1.82) is 0 Å². The van der Waals surface area contributed by atoms with Crippen LogP contribution in [0.1, 0.15) is 15.9 Å². The van der Waals surface area contributed by atoms with E-state index in [1.807, 2.05) is 30.3 Å². The molecule has 0 saturated heterocycles. The van der Waals surface area contributed by atoms with Gasteiger partial charge in [0.15, 0.2) is 0 Å². The number of esters is 2. The Morgan fingerprint density at radius 3 is 2.33 bits per heavy atom. The largest absolute Gasteiger partial charge is 0.457 e. The lowest BCUT2D eigenvalue weighted by molar-refractivity contribution is -0.132. The highest BCUT2D eigenvalue weighted by atomic mass is 16.5. The molecule has 2 aromatic carbocycles. The maximum absolute atomic E-state index is 12.1. The van der Waals surface area contributed by atoms with Crippen LogP contribution in [0.15, 0.2) is 54.6 Å². The number of nitrogens with two attached hydrogens (primary N) is 1. The fourth-order valence-electron chi connectivity index (χ4n) is 1.69. The van der Waals surface area contributed by atoms with E-state index in [0.29, 0.717) is 0 Å². The molecule has 0 aliphatic rings. The quantitative estimate of drug-likeness (QED) is 0.670. The van der Waals surface area contributed by atoms with Crippen LogP contribution in [0.25, 0.3) is 0 Å². The highest BCUT2D eigenvalue weighted by molar-refractivity contribution is 5.93. The summed E-state index contributed by atoms with van der Waals surface area (Å²) >= 11 is 0. The Balaban J connectivity index is 2.07. The molecule has 21 heavy (non-hydrogen) atoms. The molecule has 0 heterocycles. The molecule has 108 valence electrons. The predicted molar refractivity (Wildman–Crippen MR) is 76.7 cm³/mol. The van der Waals surface area contributed by atoms with Crippen molar-refractivity contribution in [2.75, 3.05) is 6.54 Å². The molecule has 0 aliphatic carbocycles. The predicted octanol–water partition coefficient (Wildman–Crippen LogP) is 1.91. The summed E-state index contributed by atoms with van der Waals surface area (Å²) in [5, 5.41) is 0. The lowest BCUT2D eigenvalue weighted by Crippen LogP contribution is -2.20. The Labute approximate surface area is 122 Å². The number of carbonyl (C=O) groups excluding carboxylic acids is 2. The maximum atomic E-state index is 12.1. The summed E-state index contributed by atoms with van der Waals surface area (Å²) in [6, 6.07) is 15.7. The molecule has 0 atom stereocenters. The van der Waals surface area contributed by atoms with Crippen LogP contribution in [0.5, 0.6) is 5.75 Å². The number of ether oxygens (including phenoxy) is 2. The Morgan fingerprint density at radius 2 is 1.62 bits per heavy atom. The van der Waals surface area contributed by atoms with Crippen LogP contribution in [0.4, 0.5) is 0 Å². The lowest BCUT2D eigenvalue weighted by atomic mass is 10.2. The van der Waals surface area contributed by atoms with Crippen LogP contribution in [0, 0.1) is 0 Å². The minimum Gasteiger partial charge on any atom is -0.457 e. The van der Waals surface area contributed by atoms with Crippen LogP contribution >= 0.6 is 0 Å². The van der Waals surface area contributed by atoms with Gasteiger partial charge >= 0.3 is 11.9 Å². The first-order valence-electron chi connectivity index (χ1n) is 6.41. The number of carbonyl (C=O) groups is 2. The minimum absolute atomic E-state index is 0.144. The molecule has 0 saturated carbocycles. The molecule has 0 fully saturated rings. The molecule has 0 unspecified atom stereocenters. The Hall–Kier alpha value is -2.66. The smallest absolute Gasteiger partial charge is 0.342 e. The van der Waals surface area contributed by atoms with Crippen LogP contribution in [0.2, 0.25) is 0 Å². The fourth-order valence-corrected chi connectivity index (χ4v) is 1.69. The van der Waals surface area contributed by atoms with Crippen molar-refractivity contribution < 1.29 is 19.1 Å². The van der Waals surface area contributed by atoms with Crippen molar-refractivity contribution in [1.82, 2.24) is 0 Å². The summed E-state index contributed by atoms with van der Waals surface area (Å²) < 4.78 is 10.2. The molecule has 2 N–H and O–H groups in total. The molecule has 0 radical (unpaired) electrons. The number of hydrogen-bond acceptors (Lipinski definition) is 5. The van der Waals surface area contributed by atoms with Crippen molar-refractivity contribution in [3.05, 3.63) is 65.7 Å². The monoisotopic (exact) mass is 285 g/mol. The van der Waals surface area contributed by atoms with Crippen LogP contribution in [-0.2, 0) is 16.1 Å². The van der Waals surface area contributed by atoms with Crippen LogP contribution < -0.4 is 10.5 Å². The van der Waals surface area contributed by atoms with E-state index in [0.717, 1.165) is 5.56 Å². The number of benzene rings is 2. The van der Waals surface area contributed by atoms with E-state index in [1.54, 1.807) is 12.1 Å². The fraction of sp³-hybridized carbons (Fsp3) is 0.125. The second-order valence-corrected chi connectivity index (χ2v) is 4.24. The van der Waals surface area contributed by atoms with Crippen molar-refractivity contribution >= 4 is 11.9 Å². The standard InChI is InChI=1S/C16H15NO4/c17-10-15(18)21-14-9-5-4-8-13(14)16(19)20-11-12-6-2-1-3-7-12/h1-9H,10-11,17H2. The zero-order chi connectivity index (χ0) is 15.1. The van der Waals surface area contributed by atoms with Crippen LogP contribution in [-0.4, -0.2) is 18.5 Å². The van der Waals surface area contributed by atoms with Gasteiger partial charge in [-0.2, -0.15) is 0 Å². The van der Waals surface area contributed by atoms with E-state index in [4.69, 9.17) is 15.2 Å². The SMILES string of the molecule is NCC(=O)Oc1ccccc1C(=O)OCc1ccccc1. The number of hydrogen-bond donors (Lipinski definition) is 1. The molecular weight excluding hydrogens is 270 g/mol. The maximum Gasteiger partial charge on any atom is 0.342 e. The van der Waals surface area contributed by atoms with E-state index < -0.39 is 11.9 Å². The molecule has 5 heteroatoms. The second-order valence-electron chi connectivity index (χ2n) is 4.24. The first kappa shape index (κ1) is 14.7. The average Bonchev–Trinajstić information content (AvgIpc) is 2.54. The zero-order valence-electron chi connectivity index (χ0n) is 11.3. The first-order chi connectivity index (χ1) is 10.2. The summed E-state index contributed by atoms with van der Waals surface area (Å²) in [6.45, 7) is -0.105. The Morgan fingerprint density at radius 1 is 0.952 bits per heavy atom. The number of para-hydroxylation sites is 1. The summed E-state index contributed by atoms with van der Waals surface area (Å²) in [7, 11) is 0. The lowest BCUT2D eigenvalue weighted by Gasteiger charge is -2.09. The molecule has 5 nitrogen and oxygen atoms in total. The zero-order valence-corrected chi connectivity index (χ0v) is 11.3. The molecule has 0 bridgehead atoms. The van der Waals surface area contributed by atoms with Gasteiger partial charge < -0.3 is 15.2 Å². The highest BCUT2D eigenvalue weighted by Crippen LogP contribution is 2.19. The summed E-state index contributed by atoms with van der Waals surface area (Å²) in [6.07, 6.45) is 0. The molecule has 0 aromatic heterocycles. The van der Waals surface area contributed by atoms with Gasteiger partial charge in [-0.15, -0.1) is 0 Å². The van der Waals surface area contributed by atoms with Gasteiger partial charge in [-0.05, 0) is 17.7 Å². The van der Waals surface area contributed by atoms with Crippen molar-refractivity contribution in [3.8, 4) is 5.75 Å². The van der Waals surface area contributed by atoms with Gasteiger partial charge in [0.05, 0.1) is 6.54 Å². The van der Waals surface area contributed by atoms with Gasteiger partial charge in [-0.3, -0.25) is 4.79 Å². The highest BCUT2D eigenvalue weighted by Gasteiger charge is 2.15. The third-order valence-electron chi connectivity index (χ3n) is 2.71. The average molecular weight is 285 g/mol. The summed E-state index contributed by atoms with van der Waals surface area (Å²) in [5.74, 6) is -1.02. The summed E-state index contributed by atoms with van der Waals surface area (Å²) in [4.78, 5) is 23.3. The topological polar surface area (TPSA) is 78.6 Å². The van der Waals surface area contributed by atoms with Gasteiger partial charge in [0.25, 0.3) is 0 Å². The van der Waals surface area contributed by atoms with Crippen molar-refractivity contribution in [3.63, 3.8) is 0 Å². The molecule has 0 spiro atoms. The van der Waals surface area contributed by atoms with Crippen LogP contribution in [0.3, 0.4) is 0 Å². The number of rotatable bonds is 5. The van der Waals surface area contributed by atoms with Gasteiger partial charge in [-0.1, -0.05) is 42.5 Å². The second kappa shape index (κ2) is 7.21. The molecule has 2 rings (SSSR count). The third kappa shape index (κ3) is 4.15. The van der Waals surface area contributed by atoms with Gasteiger partial charge in [0.2, 0.25) is 0 Å².